The molecule has 4 N–H and O–H groups in total. The minimum absolute atomic E-state index is 0.396. The van der Waals surface area contributed by atoms with E-state index in [9.17, 15) is 0 Å². The van der Waals surface area contributed by atoms with Crippen LogP contribution in [0.5, 0.6) is 0 Å². The molecule has 0 aliphatic rings. The van der Waals surface area contributed by atoms with Crippen LogP contribution in [0.4, 0.5) is 11.6 Å². The van der Waals surface area contributed by atoms with Crippen molar-refractivity contribution < 1.29 is 0 Å². The zero-order chi connectivity index (χ0) is 11.5. The molecule has 5 heteroatoms. The van der Waals surface area contributed by atoms with Crippen LogP contribution in [0.25, 0.3) is 0 Å². The van der Waals surface area contributed by atoms with E-state index in [1.807, 2.05) is 24.3 Å². The molecule has 1 aromatic carbocycles. The maximum absolute atomic E-state index is 6.06. The Hall–Kier alpha value is -1.81. The molecule has 82 valence electrons. The number of nitrogen functional groups attached to an aromatic ring is 2. The molecular formula is C11H11ClN4. The molecule has 1 aromatic heterocycles. The van der Waals surface area contributed by atoms with Crippen molar-refractivity contribution in [3.05, 3.63) is 46.7 Å². The van der Waals surface area contributed by atoms with E-state index in [2.05, 4.69) is 9.97 Å². The fraction of sp³-hybridized carbons (Fsp3) is 0.0909. The standard InChI is InChI=1S/C11H11ClN4/c12-9-4-2-1-3-7(9)5-8-10(13)15-6-16-11(8)14/h1-4,6H,5H2,(H4,13,14,15,16). The van der Waals surface area contributed by atoms with E-state index in [4.69, 9.17) is 23.1 Å². The minimum Gasteiger partial charge on any atom is -0.383 e. The monoisotopic (exact) mass is 234 g/mol. The van der Waals surface area contributed by atoms with Crippen molar-refractivity contribution in [3.8, 4) is 0 Å². The molecule has 4 nitrogen and oxygen atoms in total. The lowest BCUT2D eigenvalue weighted by atomic mass is 10.1. The van der Waals surface area contributed by atoms with Gasteiger partial charge in [-0.25, -0.2) is 9.97 Å². The number of hydrogen-bond acceptors (Lipinski definition) is 4. The highest BCUT2D eigenvalue weighted by molar-refractivity contribution is 6.31. The summed E-state index contributed by atoms with van der Waals surface area (Å²) in [7, 11) is 0. The second-order valence-electron chi connectivity index (χ2n) is 3.39. The van der Waals surface area contributed by atoms with Crippen LogP contribution in [0.1, 0.15) is 11.1 Å². The van der Waals surface area contributed by atoms with Gasteiger partial charge in [-0.1, -0.05) is 29.8 Å². The minimum atomic E-state index is 0.396. The molecule has 0 radical (unpaired) electrons. The van der Waals surface area contributed by atoms with Crippen LogP contribution in [0.3, 0.4) is 0 Å². The highest BCUT2D eigenvalue weighted by Gasteiger charge is 2.09. The molecular weight excluding hydrogens is 224 g/mol. The number of aromatic nitrogens is 2. The summed E-state index contributed by atoms with van der Waals surface area (Å²) in [5.74, 6) is 0.792. The highest BCUT2D eigenvalue weighted by atomic mass is 35.5. The number of nitrogens with zero attached hydrogens (tertiary/aromatic N) is 2. The average Bonchev–Trinajstić information content (AvgIpc) is 2.26. The first-order chi connectivity index (χ1) is 7.68. The van der Waals surface area contributed by atoms with Gasteiger partial charge in [-0.3, -0.25) is 0 Å². The Balaban J connectivity index is 2.38. The summed E-state index contributed by atoms with van der Waals surface area (Å²) >= 11 is 6.06. The third-order valence-electron chi connectivity index (χ3n) is 2.34. The van der Waals surface area contributed by atoms with Crippen LogP contribution in [0, 0.1) is 0 Å². The van der Waals surface area contributed by atoms with Crippen LogP contribution < -0.4 is 11.5 Å². The molecule has 1 heterocycles. The van der Waals surface area contributed by atoms with Gasteiger partial charge >= 0.3 is 0 Å². The van der Waals surface area contributed by atoms with E-state index in [0.29, 0.717) is 23.1 Å². The van der Waals surface area contributed by atoms with Crippen molar-refractivity contribution in [1.82, 2.24) is 9.97 Å². The summed E-state index contributed by atoms with van der Waals surface area (Å²) < 4.78 is 0. The zero-order valence-corrected chi connectivity index (χ0v) is 9.28. The second kappa shape index (κ2) is 4.37. The maximum atomic E-state index is 6.06. The first kappa shape index (κ1) is 10.7. The molecule has 0 saturated carbocycles. The lowest BCUT2D eigenvalue weighted by Crippen LogP contribution is -2.05. The van der Waals surface area contributed by atoms with Gasteiger partial charge in [-0.15, -0.1) is 0 Å². The van der Waals surface area contributed by atoms with Gasteiger partial charge in [-0.05, 0) is 11.6 Å². The number of hydrogen-bond donors (Lipinski definition) is 2. The molecule has 0 amide bonds. The van der Waals surface area contributed by atoms with Gasteiger partial charge in [0.2, 0.25) is 0 Å². The highest BCUT2D eigenvalue weighted by Crippen LogP contribution is 2.23. The fourth-order valence-electron chi connectivity index (χ4n) is 1.45. The average molecular weight is 235 g/mol. The third kappa shape index (κ3) is 2.06. The van der Waals surface area contributed by atoms with E-state index in [1.165, 1.54) is 6.33 Å². The molecule has 0 aliphatic carbocycles. The summed E-state index contributed by atoms with van der Waals surface area (Å²) in [5.41, 5.74) is 13.2. The van der Waals surface area contributed by atoms with E-state index in [-0.39, 0.29) is 0 Å². The van der Waals surface area contributed by atoms with E-state index < -0.39 is 0 Å². The van der Waals surface area contributed by atoms with Gasteiger partial charge in [0.05, 0.1) is 0 Å². The Morgan fingerprint density at radius 2 is 1.69 bits per heavy atom. The quantitative estimate of drug-likeness (QED) is 0.832. The summed E-state index contributed by atoms with van der Waals surface area (Å²) in [6, 6.07) is 7.54. The normalized spacial score (nSPS) is 10.3. The number of anilines is 2. The van der Waals surface area contributed by atoms with Crippen molar-refractivity contribution in [2.45, 2.75) is 6.42 Å². The topological polar surface area (TPSA) is 77.8 Å². The fourth-order valence-corrected chi connectivity index (χ4v) is 1.66. The zero-order valence-electron chi connectivity index (χ0n) is 8.52. The van der Waals surface area contributed by atoms with Gasteiger partial charge in [0.15, 0.2) is 0 Å². The molecule has 16 heavy (non-hydrogen) atoms. The molecule has 0 aliphatic heterocycles. The lowest BCUT2D eigenvalue weighted by Gasteiger charge is -2.08. The van der Waals surface area contributed by atoms with Gasteiger partial charge in [0, 0.05) is 17.0 Å². The Bertz CT molecular complexity index is 493. The van der Waals surface area contributed by atoms with Crippen LogP contribution in [-0.2, 0) is 6.42 Å². The van der Waals surface area contributed by atoms with Crippen molar-refractivity contribution >= 4 is 23.2 Å². The molecule has 0 atom stereocenters. The number of halogens is 1. The largest absolute Gasteiger partial charge is 0.383 e. The van der Waals surface area contributed by atoms with Gasteiger partial charge in [-0.2, -0.15) is 0 Å². The van der Waals surface area contributed by atoms with E-state index in [1.54, 1.807) is 0 Å². The molecule has 0 saturated heterocycles. The van der Waals surface area contributed by atoms with Crippen molar-refractivity contribution in [2.24, 2.45) is 0 Å². The second-order valence-corrected chi connectivity index (χ2v) is 3.80. The first-order valence-electron chi connectivity index (χ1n) is 4.76. The molecule has 0 unspecified atom stereocenters. The summed E-state index contributed by atoms with van der Waals surface area (Å²) in [4.78, 5) is 7.82. The van der Waals surface area contributed by atoms with Gasteiger partial charge < -0.3 is 11.5 Å². The molecule has 0 fully saturated rings. The van der Waals surface area contributed by atoms with Crippen molar-refractivity contribution in [2.75, 3.05) is 11.5 Å². The number of benzene rings is 1. The predicted molar refractivity (Wildman–Crippen MR) is 65.1 cm³/mol. The molecule has 2 aromatic rings. The smallest absolute Gasteiger partial charge is 0.132 e. The van der Waals surface area contributed by atoms with Crippen LogP contribution in [0.2, 0.25) is 5.02 Å². The third-order valence-corrected chi connectivity index (χ3v) is 2.71. The van der Waals surface area contributed by atoms with Gasteiger partial charge in [0.1, 0.15) is 18.0 Å². The Labute approximate surface area is 98.3 Å². The van der Waals surface area contributed by atoms with Crippen LogP contribution >= 0.6 is 11.6 Å². The summed E-state index contributed by atoms with van der Waals surface area (Å²) in [6.07, 6.45) is 1.89. The van der Waals surface area contributed by atoms with Gasteiger partial charge in [0.25, 0.3) is 0 Å². The lowest BCUT2D eigenvalue weighted by molar-refractivity contribution is 1.09. The van der Waals surface area contributed by atoms with Crippen molar-refractivity contribution in [1.29, 1.82) is 0 Å². The van der Waals surface area contributed by atoms with Crippen LogP contribution in [-0.4, -0.2) is 9.97 Å². The van der Waals surface area contributed by atoms with Crippen LogP contribution in [0.15, 0.2) is 30.6 Å². The Kier molecular flexibility index (Phi) is 2.92. The Morgan fingerprint density at radius 1 is 1.06 bits per heavy atom. The van der Waals surface area contributed by atoms with Crippen molar-refractivity contribution in [3.63, 3.8) is 0 Å². The van der Waals surface area contributed by atoms with E-state index >= 15 is 0 Å². The summed E-state index contributed by atoms with van der Waals surface area (Å²) in [5, 5.41) is 0.685. The number of nitrogens with two attached hydrogens (primary N) is 2. The number of rotatable bonds is 2. The summed E-state index contributed by atoms with van der Waals surface area (Å²) in [6.45, 7) is 0. The molecule has 0 spiro atoms. The predicted octanol–water partition coefficient (Wildman–Crippen LogP) is 1.89. The molecule has 2 rings (SSSR count). The SMILES string of the molecule is Nc1ncnc(N)c1Cc1ccccc1Cl. The first-order valence-corrected chi connectivity index (χ1v) is 5.14. The maximum Gasteiger partial charge on any atom is 0.132 e. The van der Waals surface area contributed by atoms with E-state index in [0.717, 1.165) is 11.1 Å². The Morgan fingerprint density at radius 3 is 2.31 bits per heavy atom. The molecule has 0 bridgehead atoms.